The van der Waals surface area contributed by atoms with Crippen molar-refractivity contribution in [3.63, 3.8) is 0 Å². The van der Waals surface area contributed by atoms with Gasteiger partial charge in [0.1, 0.15) is 0 Å². The van der Waals surface area contributed by atoms with Crippen molar-refractivity contribution in [1.82, 2.24) is 5.32 Å². The number of nitrogens with one attached hydrogen (secondary N) is 1. The molecular formula is C75H143NO5. The van der Waals surface area contributed by atoms with Crippen molar-refractivity contribution in [2.45, 2.75) is 418 Å². The van der Waals surface area contributed by atoms with E-state index in [9.17, 15) is 19.8 Å². The third-order valence-electron chi connectivity index (χ3n) is 17.2. The van der Waals surface area contributed by atoms with E-state index in [-0.39, 0.29) is 18.5 Å². The number of aliphatic hydroxyl groups excluding tert-OH is 2. The van der Waals surface area contributed by atoms with Gasteiger partial charge < -0.3 is 20.3 Å². The average Bonchev–Trinajstić information content (AvgIpc) is 3.47. The molecule has 0 aromatic heterocycles. The molecule has 0 spiro atoms. The molecule has 6 heteroatoms. The minimum absolute atomic E-state index is 0.00151. The van der Waals surface area contributed by atoms with Crippen molar-refractivity contribution >= 4 is 11.9 Å². The number of ether oxygens (including phenoxy) is 1. The van der Waals surface area contributed by atoms with Crippen LogP contribution in [0.2, 0.25) is 0 Å². The number of carbonyl (C=O) groups excluding carboxylic acids is 2. The van der Waals surface area contributed by atoms with Gasteiger partial charge in [0, 0.05) is 12.8 Å². The predicted octanol–water partition coefficient (Wildman–Crippen LogP) is 23.9. The second kappa shape index (κ2) is 70.6. The topological polar surface area (TPSA) is 95.9 Å². The number of aliphatic hydroxyl groups is 2. The van der Waals surface area contributed by atoms with E-state index in [4.69, 9.17) is 4.74 Å². The first-order valence-electron chi connectivity index (χ1n) is 36.7. The van der Waals surface area contributed by atoms with Gasteiger partial charge in [0.25, 0.3) is 0 Å². The lowest BCUT2D eigenvalue weighted by atomic mass is 10.0. The Morgan fingerprint density at radius 2 is 0.617 bits per heavy atom. The molecule has 0 rings (SSSR count). The van der Waals surface area contributed by atoms with Gasteiger partial charge in [-0.05, 0) is 83.5 Å². The van der Waals surface area contributed by atoms with Crippen LogP contribution in [-0.4, -0.2) is 47.4 Å². The van der Waals surface area contributed by atoms with Crippen LogP contribution in [-0.2, 0) is 14.3 Å². The fourth-order valence-electron chi connectivity index (χ4n) is 11.6. The number of allylic oxidation sites excluding steroid dienone is 6. The molecule has 81 heavy (non-hydrogen) atoms. The predicted molar refractivity (Wildman–Crippen MR) is 356 cm³/mol. The molecule has 0 aliphatic heterocycles. The Hall–Kier alpha value is -1.92. The molecule has 0 aliphatic carbocycles. The van der Waals surface area contributed by atoms with Crippen molar-refractivity contribution in [1.29, 1.82) is 0 Å². The SMILES string of the molecule is CCCCCC/C=C\C/C=C\CCCCCCCC(=O)OCCCCCCCCCCCCCC/C=C\CCCCCCCCCCCCC(=O)NC(CO)C(O)CCCCCCCCCCCCCCCCCCCCCCCC. The first-order chi connectivity index (χ1) is 40.0. The number of hydrogen-bond donors (Lipinski definition) is 3. The highest BCUT2D eigenvalue weighted by Gasteiger charge is 2.20. The van der Waals surface area contributed by atoms with Crippen LogP contribution in [0.1, 0.15) is 406 Å². The van der Waals surface area contributed by atoms with Crippen LogP contribution in [0.25, 0.3) is 0 Å². The van der Waals surface area contributed by atoms with Crippen LogP contribution in [0.5, 0.6) is 0 Å². The lowest BCUT2D eigenvalue weighted by molar-refractivity contribution is -0.143. The van der Waals surface area contributed by atoms with Crippen molar-refractivity contribution in [3.8, 4) is 0 Å². The quantitative estimate of drug-likeness (QED) is 0.0320. The van der Waals surface area contributed by atoms with Gasteiger partial charge in [-0.1, -0.05) is 346 Å². The maximum absolute atomic E-state index is 12.6. The van der Waals surface area contributed by atoms with Crippen LogP contribution in [0.15, 0.2) is 36.5 Å². The third kappa shape index (κ3) is 67.1. The standard InChI is InChI=1S/C75H143NO5/c1-3-5-7-9-11-13-15-17-19-21-22-23-30-33-36-39-43-47-51-55-59-63-67-73(78)72(71-77)76-74(79)68-64-60-56-52-48-44-40-37-34-31-28-26-24-25-27-29-32-35-38-42-46-50-54-58-62-66-70-81-75(80)69-65-61-57-53-49-45-41-20-18-16-14-12-10-8-6-4-2/h14,16,20,24,26,41,72-73,77-78H,3-13,15,17-19,21-23,25,27-40,42-71H2,1-2H3,(H,76,79)/b16-14-,26-24-,41-20-. The van der Waals surface area contributed by atoms with Gasteiger partial charge in [-0.15, -0.1) is 0 Å². The van der Waals surface area contributed by atoms with Crippen molar-refractivity contribution < 1.29 is 24.5 Å². The zero-order valence-corrected chi connectivity index (χ0v) is 54.8. The van der Waals surface area contributed by atoms with Crippen LogP contribution in [0.4, 0.5) is 0 Å². The molecule has 3 N–H and O–H groups in total. The first kappa shape index (κ1) is 79.1. The summed E-state index contributed by atoms with van der Waals surface area (Å²) in [5.41, 5.74) is 0. The summed E-state index contributed by atoms with van der Waals surface area (Å²) in [7, 11) is 0. The molecule has 1 amide bonds. The first-order valence-corrected chi connectivity index (χ1v) is 36.7. The summed E-state index contributed by atoms with van der Waals surface area (Å²) in [6.07, 6.45) is 90.5. The second-order valence-electron chi connectivity index (χ2n) is 25.3. The molecule has 0 saturated heterocycles. The maximum Gasteiger partial charge on any atom is 0.305 e. The zero-order chi connectivity index (χ0) is 58.5. The van der Waals surface area contributed by atoms with Crippen LogP contribution in [0.3, 0.4) is 0 Å². The highest BCUT2D eigenvalue weighted by Crippen LogP contribution is 2.19. The van der Waals surface area contributed by atoms with E-state index >= 15 is 0 Å². The minimum atomic E-state index is -0.667. The van der Waals surface area contributed by atoms with E-state index in [0.717, 1.165) is 51.4 Å². The van der Waals surface area contributed by atoms with E-state index in [1.54, 1.807) is 0 Å². The van der Waals surface area contributed by atoms with Crippen molar-refractivity contribution in [2.75, 3.05) is 13.2 Å². The monoisotopic (exact) mass is 1140 g/mol. The van der Waals surface area contributed by atoms with Gasteiger partial charge in [-0.3, -0.25) is 9.59 Å². The van der Waals surface area contributed by atoms with E-state index in [0.29, 0.717) is 25.9 Å². The smallest absolute Gasteiger partial charge is 0.305 e. The maximum atomic E-state index is 12.6. The molecule has 0 fully saturated rings. The Labute approximate surface area is 506 Å². The van der Waals surface area contributed by atoms with Crippen LogP contribution >= 0.6 is 0 Å². The van der Waals surface area contributed by atoms with Crippen molar-refractivity contribution in [3.05, 3.63) is 36.5 Å². The summed E-state index contributed by atoms with van der Waals surface area (Å²) >= 11 is 0. The van der Waals surface area contributed by atoms with E-state index in [1.807, 2.05) is 0 Å². The molecule has 0 aliphatic rings. The Morgan fingerprint density at radius 3 is 0.963 bits per heavy atom. The Bertz CT molecular complexity index is 1310. The highest BCUT2D eigenvalue weighted by molar-refractivity contribution is 5.76. The summed E-state index contributed by atoms with van der Waals surface area (Å²) in [5, 5.41) is 23.4. The van der Waals surface area contributed by atoms with Gasteiger partial charge in [-0.25, -0.2) is 0 Å². The molecule has 6 nitrogen and oxygen atoms in total. The van der Waals surface area contributed by atoms with E-state index in [2.05, 4.69) is 55.6 Å². The number of amides is 1. The van der Waals surface area contributed by atoms with Crippen LogP contribution in [0, 0.1) is 0 Å². The van der Waals surface area contributed by atoms with Crippen LogP contribution < -0.4 is 5.32 Å². The number of carbonyl (C=O) groups is 2. The lowest BCUT2D eigenvalue weighted by Gasteiger charge is -2.22. The number of unbranched alkanes of at least 4 members (excludes halogenated alkanes) is 52. The lowest BCUT2D eigenvalue weighted by Crippen LogP contribution is -2.45. The minimum Gasteiger partial charge on any atom is -0.466 e. The van der Waals surface area contributed by atoms with Gasteiger partial charge in [0.05, 0.1) is 25.4 Å². The largest absolute Gasteiger partial charge is 0.466 e. The number of hydrogen-bond acceptors (Lipinski definition) is 5. The Balaban J connectivity index is 3.40. The van der Waals surface area contributed by atoms with Gasteiger partial charge >= 0.3 is 5.97 Å². The molecule has 478 valence electrons. The summed E-state index contributed by atoms with van der Waals surface area (Å²) in [4.78, 5) is 24.6. The molecular weight excluding hydrogens is 995 g/mol. The van der Waals surface area contributed by atoms with Crippen molar-refractivity contribution in [2.24, 2.45) is 0 Å². The van der Waals surface area contributed by atoms with Gasteiger partial charge in [0.15, 0.2) is 0 Å². The normalized spacial score (nSPS) is 12.7. The third-order valence-corrected chi connectivity index (χ3v) is 17.2. The zero-order valence-electron chi connectivity index (χ0n) is 54.8. The summed E-state index contributed by atoms with van der Waals surface area (Å²) in [5.74, 6) is -0.0311. The van der Waals surface area contributed by atoms with E-state index < -0.39 is 12.1 Å². The second-order valence-corrected chi connectivity index (χ2v) is 25.3. The van der Waals surface area contributed by atoms with Gasteiger partial charge in [-0.2, -0.15) is 0 Å². The number of esters is 1. The molecule has 0 aromatic rings. The Kier molecular flexibility index (Phi) is 68.9. The molecule has 0 aromatic carbocycles. The average molecular weight is 1140 g/mol. The molecule has 0 heterocycles. The molecule has 2 atom stereocenters. The fraction of sp³-hybridized carbons (Fsp3) is 0.893. The number of rotatable bonds is 69. The fourth-order valence-corrected chi connectivity index (χ4v) is 11.6. The summed E-state index contributed by atoms with van der Waals surface area (Å²) in [6.45, 7) is 4.97. The molecule has 0 saturated carbocycles. The molecule has 0 bridgehead atoms. The van der Waals surface area contributed by atoms with E-state index in [1.165, 1.54) is 321 Å². The summed E-state index contributed by atoms with van der Waals surface area (Å²) in [6, 6.07) is -0.545. The Morgan fingerprint density at radius 1 is 0.346 bits per heavy atom. The molecule has 2 unspecified atom stereocenters. The van der Waals surface area contributed by atoms with Gasteiger partial charge in [0.2, 0.25) is 5.91 Å². The highest BCUT2D eigenvalue weighted by atomic mass is 16.5. The molecule has 0 radical (unpaired) electrons. The summed E-state index contributed by atoms with van der Waals surface area (Å²) < 4.78 is 5.49.